The maximum atomic E-state index is 13.9. The zero-order valence-electron chi connectivity index (χ0n) is 16.3. The zero-order valence-corrected chi connectivity index (χ0v) is 16.3. The van der Waals surface area contributed by atoms with Crippen molar-refractivity contribution in [3.63, 3.8) is 0 Å². The van der Waals surface area contributed by atoms with Crippen molar-refractivity contribution in [1.29, 1.82) is 0 Å². The molecule has 2 aromatic carbocycles. The van der Waals surface area contributed by atoms with Crippen LogP contribution in [0.1, 0.15) is 24.0 Å². The highest BCUT2D eigenvalue weighted by Gasteiger charge is 2.29. The molecular formula is C22H26F2N2O2. The molecule has 3 rings (SSSR count). The molecule has 1 fully saturated rings. The number of hydrogen-bond acceptors (Lipinski definition) is 3. The third kappa shape index (κ3) is 4.75. The van der Waals surface area contributed by atoms with Crippen LogP contribution in [0.5, 0.6) is 0 Å². The van der Waals surface area contributed by atoms with Crippen LogP contribution in [0, 0.1) is 18.6 Å². The summed E-state index contributed by atoms with van der Waals surface area (Å²) in [6.07, 6.45) is 1.47. The Hall–Kier alpha value is -2.31. The van der Waals surface area contributed by atoms with E-state index >= 15 is 0 Å². The van der Waals surface area contributed by atoms with E-state index in [-0.39, 0.29) is 30.7 Å². The molecule has 0 saturated carbocycles. The van der Waals surface area contributed by atoms with Gasteiger partial charge in [-0.3, -0.25) is 9.69 Å². The number of anilines is 1. The van der Waals surface area contributed by atoms with Crippen LogP contribution in [0.15, 0.2) is 42.5 Å². The van der Waals surface area contributed by atoms with Crippen LogP contribution in [-0.2, 0) is 16.1 Å². The van der Waals surface area contributed by atoms with Crippen molar-refractivity contribution in [2.45, 2.75) is 32.4 Å². The molecule has 1 saturated heterocycles. The summed E-state index contributed by atoms with van der Waals surface area (Å²) in [5, 5.41) is 0. The number of benzene rings is 2. The van der Waals surface area contributed by atoms with Gasteiger partial charge in [0, 0.05) is 44.0 Å². The molecule has 0 unspecified atom stereocenters. The van der Waals surface area contributed by atoms with E-state index < -0.39 is 11.6 Å². The molecule has 0 bridgehead atoms. The molecule has 1 aliphatic heterocycles. The van der Waals surface area contributed by atoms with E-state index in [9.17, 15) is 13.6 Å². The van der Waals surface area contributed by atoms with Crippen LogP contribution in [0.2, 0.25) is 0 Å². The maximum Gasteiger partial charge on any atom is 0.253 e. The number of ether oxygens (including phenoxy) is 1. The fourth-order valence-electron chi connectivity index (χ4n) is 3.70. The number of amides is 1. The molecule has 1 amide bonds. The monoisotopic (exact) mass is 388 g/mol. The minimum Gasteiger partial charge on any atom is -0.375 e. The molecule has 6 heteroatoms. The van der Waals surface area contributed by atoms with Crippen molar-refractivity contribution < 1.29 is 18.3 Å². The summed E-state index contributed by atoms with van der Waals surface area (Å²) >= 11 is 0. The Morgan fingerprint density at radius 1 is 1.11 bits per heavy atom. The highest BCUT2D eigenvalue weighted by atomic mass is 19.1. The summed E-state index contributed by atoms with van der Waals surface area (Å²) < 4.78 is 32.9. The SMILES string of the molecule is COCC(=O)N(c1ccc(C)cc1)C1CCN(Cc2c(F)cccc2F)CC1. The van der Waals surface area contributed by atoms with E-state index in [0.29, 0.717) is 13.1 Å². The van der Waals surface area contributed by atoms with Gasteiger partial charge in [-0.05, 0) is 44.0 Å². The number of hydrogen-bond donors (Lipinski definition) is 0. The Bertz CT molecular complexity index is 782. The van der Waals surface area contributed by atoms with Gasteiger partial charge in [0.05, 0.1) is 0 Å². The molecule has 0 spiro atoms. The van der Waals surface area contributed by atoms with Crippen LogP contribution in [-0.4, -0.2) is 43.7 Å². The number of aryl methyl sites for hydroxylation is 1. The summed E-state index contributed by atoms with van der Waals surface area (Å²) in [7, 11) is 1.51. The Morgan fingerprint density at radius 2 is 1.71 bits per heavy atom. The summed E-state index contributed by atoms with van der Waals surface area (Å²) in [6, 6.07) is 11.8. The van der Waals surface area contributed by atoms with Crippen molar-refractivity contribution >= 4 is 11.6 Å². The molecule has 150 valence electrons. The van der Waals surface area contributed by atoms with E-state index in [1.807, 2.05) is 41.0 Å². The molecule has 0 N–H and O–H groups in total. The third-order valence-corrected chi connectivity index (χ3v) is 5.21. The number of halogens is 2. The van der Waals surface area contributed by atoms with Crippen LogP contribution < -0.4 is 4.90 Å². The van der Waals surface area contributed by atoms with Crippen molar-refractivity contribution in [2.24, 2.45) is 0 Å². The van der Waals surface area contributed by atoms with Crippen LogP contribution in [0.3, 0.4) is 0 Å². The number of carbonyl (C=O) groups is 1. The first kappa shape index (κ1) is 20.4. The predicted molar refractivity (Wildman–Crippen MR) is 105 cm³/mol. The van der Waals surface area contributed by atoms with Gasteiger partial charge in [0.1, 0.15) is 18.2 Å². The van der Waals surface area contributed by atoms with Crippen molar-refractivity contribution in [2.75, 3.05) is 31.7 Å². The molecule has 0 aromatic heterocycles. The van der Waals surface area contributed by atoms with Crippen molar-refractivity contribution in [3.8, 4) is 0 Å². The standard InChI is InChI=1S/C22H26F2N2O2/c1-16-6-8-17(9-7-16)26(22(27)15-28-2)18-10-12-25(13-11-18)14-19-20(23)4-3-5-21(19)24/h3-9,18H,10-15H2,1-2H3. The van der Waals surface area contributed by atoms with E-state index in [2.05, 4.69) is 0 Å². The Balaban J connectivity index is 1.69. The van der Waals surface area contributed by atoms with E-state index in [4.69, 9.17) is 4.74 Å². The second-order valence-electron chi connectivity index (χ2n) is 7.24. The Labute approximate surface area is 164 Å². The lowest BCUT2D eigenvalue weighted by molar-refractivity contribution is -0.122. The molecule has 28 heavy (non-hydrogen) atoms. The van der Waals surface area contributed by atoms with Gasteiger partial charge < -0.3 is 9.64 Å². The number of carbonyl (C=O) groups excluding carboxylic acids is 1. The number of likely N-dealkylation sites (tertiary alicyclic amines) is 1. The molecular weight excluding hydrogens is 362 g/mol. The van der Waals surface area contributed by atoms with Gasteiger partial charge in [-0.1, -0.05) is 23.8 Å². The first-order valence-electron chi connectivity index (χ1n) is 9.52. The van der Waals surface area contributed by atoms with Crippen molar-refractivity contribution in [3.05, 3.63) is 65.2 Å². The fraction of sp³-hybridized carbons (Fsp3) is 0.409. The van der Waals surface area contributed by atoms with E-state index in [1.54, 1.807) is 0 Å². The average Bonchev–Trinajstić information content (AvgIpc) is 2.68. The fourth-order valence-corrected chi connectivity index (χ4v) is 3.70. The zero-order chi connectivity index (χ0) is 20.1. The van der Waals surface area contributed by atoms with Crippen molar-refractivity contribution in [1.82, 2.24) is 4.90 Å². The predicted octanol–water partition coefficient (Wildman–Crippen LogP) is 3.92. The van der Waals surface area contributed by atoms with Gasteiger partial charge in [0.15, 0.2) is 0 Å². The molecule has 1 aliphatic rings. The lowest BCUT2D eigenvalue weighted by atomic mass is 10.0. The molecule has 2 aromatic rings. The lowest BCUT2D eigenvalue weighted by Gasteiger charge is -2.38. The Morgan fingerprint density at radius 3 is 2.29 bits per heavy atom. The largest absolute Gasteiger partial charge is 0.375 e. The molecule has 0 radical (unpaired) electrons. The summed E-state index contributed by atoms with van der Waals surface area (Å²) in [5.74, 6) is -1.11. The topological polar surface area (TPSA) is 32.8 Å². The van der Waals surface area contributed by atoms with Gasteiger partial charge in [0.25, 0.3) is 5.91 Å². The second kappa shape index (κ2) is 9.26. The highest BCUT2D eigenvalue weighted by molar-refractivity contribution is 5.94. The van der Waals surface area contributed by atoms with Gasteiger partial charge in [-0.15, -0.1) is 0 Å². The molecule has 4 nitrogen and oxygen atoms in total. The first-order valence-corrected chi connectivity index (χ1v) is 9.52. The number of piperidine rings is 1. The average molecular weight is 388 g/mol. The van der Waals surface area contributed by atoms with E-state index in [0.717, 1.165) is 24.1 Å². The highest BCUT2D eigenvalue weighted by Crippen LogP contribution is 2.26. The lowest BCUT2D eigenvalue weighted by Crippen LogP contribution is -2.48. The second-order valence-corrected chi connectivity index (χ2v) is 7.24. The first-order chi connectivity index (χ1) is 13.5. The minimum absolute atomic E-state index is 0.0223. The van der Waals surface area contributed by atoms with Crippen LogP contribution in [0.4, 0.5) is 14.5 Å². The van der Waals surface area contributed by atoms with Gasteiger partial charge >= 0.3 is 0 Å². The molecule has 0 aliphatic carbocycles. The van der Waals surface area contributed by atoms with Gasteiger partial charge in [-0.25, -0.2) is 8.78 Å². The number of rotatable bonds is 6. The Kier molecular flexibility index (Phi) is 6.75. The summed E-state index contributed by atoms with van der Waals surface area (Å²) in [5.41, 5.74) is 2.09. The molecule has 0 atom stereocenters. The maximum absolute atomic E-state index is 13.9. The third-order valence-electron chi connectivity index (χ3n) is 5.21. The molecule has 1 heterocycles. The number of methoxy groups -OCH3 is 1. The van der Waals surface area contributed by atoms with Gasteiger partial charge in [0.2, 0.25) is 0 Å². The summed E-state index contributed by atoms with van der Waals surface area (Å²) in [6.45, 7) is 3.60. The quantitative estimate of drug-likeness (QED) is 0.752. The smallest absolute Gasteiger partial charge is 0.253 e. The van der Waals surface area contributed by atoms with Crippen LogP contribution in [0.25, 0.3) is 0 Å². The number of nitrogens with zero attached hydrogens (tertiary/aromatic N) is 2. The van der Waals surface area contributed by atoms with Gasteiger partial charge in [-0.2, -0.15) is 0 Å². The summed E-state index contributed by atoms with van der Waals surface area (Å²) in [4.78, 5) is 16.5. The van der Waals surface area contributed by atoms with Crippen LogP contribution >= 0.6 is 0 Å². The minimum atomic E-state index is -0.515. The normalized spacial score (nSPS) is 15.6. The van der Waals surface area contributed by atoms with E-state index in [1.165, 1.54) is 25.3 Å².